The van der Waals surface area contributed by atoms with E-state index >= 15 is 0 Å². The first kappa shape index (κ1) is 30.4. The van der Waals surface area contributed by atoms with E-state index in [1.807, 2.05) is 12.1 Å². The minimum absolute atomic E-state index is 0.0480. The van der Waals surface area contributed by atoms with Gasteiger partial charge in [-0.15, -0.1) is 0 Å². The van der Waals surface area contributed by atoms with Crippen LogP contribution < -0.4 is 25.7 Å². The van der Waals surface area contributed by atoms with Gasteiger partial charge in [-0.2, -0.15) is 8.42 Å². The van der Waals surface area contributed by atoms with E-state index in [9.17, 15) is 18.0 Å². The van der Waals surface area contributed by atoms with Gasteiger partial charge in [0.05, 0.1) is 11.0 Å². The molecule has 1 fully saturated rings. The summed E-state index contributed by atoms with van der Waals surface area (Å²) >= 11 is 0. The Bertz CT molecular complexity index is 1540. The Labute approximate surface area is 243 Å². The lowest BCUT2D eigenvalue weighted by Gasteiger charge is -2.33. The number of carbonyl (C=O) groups is 2. The maximum Gasteiger partial charge on any atom is 0.412 e. The van der Waals surface area contributed by atoms with Crippen LogP contribution in [0, 0.1) is 5.92 Å². The summed E-state index contributed by atoms with van der Waals surface area (Å²) in [5, 5.41) is 3.31. The number of amides is 2. The van der Waals surface area contributed by atoms with Gasteiger partial charge < -0.3 is 9.64 Å². The number of nitrogens with one attached hydrogen (secondary N) is 2. The lowest BCUT2D eigenvalue weighted by Crippen LogP contribution is -2.41. The summed E-state index contributed by atoms with van der Waals surface area (Å²) < 4.78 is 33.8. The molecule has 0 saturated carbocycles. The normalized spacial score (nSPS) is 17.0. The summed E-state index contributed by atoms with van der Waals surface area (Å²) in [5.41, 5.74) is 0.467. The summed E-state index contributed by atoms with van der Waals surface area (Å²) in [5.74, 6) is 0.116. The number of sulfonamides is 1. The zero-order valence-electron chi connectivity index (χ0n) is 24.1. The number of carbonyl (C=O) groups excluding carboxylic acids is 2. The molecule has 41 heavy (non-hydrogen) atoms. The molecule has 2 N–H and O–H groups in total. The number of hydrogen-bond acceptors (Lipinski definition) is 8. The first-order chi connectivity index (χ1) is 19.1. The predicted molar refractivity (Wildman–Crippen MR) is 162 cm³/mol. The number of ether oxygens (including phenoxy) is 1. The number of nitrogens with zero attached hydrogens (tertiary/aromatic N) is 3. The largest absolute Gasteiger partial charge is 0.444 e. The molecule has 0 aliphatic carbocycles. The van der Waals surface area contributed by atoms with E-state index in [0.29, 0.717) is 22.9 Å². The Hall–Kier alpha value is -3.56. The molecule has 3 heterocycles. The monoisotopic (exact) mass is 597 g/mol. The number of benzene rings is 1. The molecule has 1 aromatic carbocycles. The summed E-state index contributed by atoms with van der Waals surface area (Å²) in [6.45, 7) is 12.4. The third-order valence-corrected chi connectivity index (χ3v) is 8.78. The molecular formula is C29H36N5O5PS. The Balaban J connectivity index is 1.46. The van der Waals surface area contributed by atoms with Crippen molar-refractivity contribution in [3.05, 3.63) is 66.4 Å². The van der Waals surface area contributed by atoms with Gasteiger partial charge in [-0.1, -0.05) is 25.1 Å². The van der Waals surface area contributed by atoms with Crippen LogP contribution in [0.1, 0.15) is 58.3 Å². The highest BCUT2D eigenvalue weighted by molar-refractivity contribution is 7.90. The molecule has 12 heteroatoms. The first-order valence-corrected chi connectivity index (χ1v) is 15.8. The molecule has 4 rings (SSSR count). The van der Waals surface area contributed by atoms with Crippen molar-refractivity contribution >= 4 is 52.8 Å². The van der Waals surface area contributed by atoms with Gasteiger partial charge in [0.1, 0.15) is 11.4 Å². The van der Waals surface area contributed by atoms with Gasteiger partial charge in [-0.25, -0.2) is 19.5 Å². The molecule has 0 spiro atoms. The van der Waals surface area contributed by atoms with Crippen molar-refractivity contribution < 1.29 is 22.7 Å². The average Bonchev–Trinajstić information content (AvgIpc) is 3.15. The fraction of sp³-hybridized carbons (Fsp3) is 0.379. The molecule has 1 aliphatic rings. The van der Waals surface area contributed by atoms with Crippen LogP contribution in [0.3, 0.4) is 0 Å². The van der Waals surface area contributed by atoms with E-state index in [-0.39, 0.29) is 24.7 Å². The minimum Gasteiger partial charge on any atom is -0.444 e. The Morgan fingerprint density at radius 1 is 1.07 bits per heavy atom. The van der Waals surface area contributed by atoms with Crippen LogP contribution in [0.15, 0.2) is 65.8 Å². The van der Waals surface area contributed by atoms with Gasteiger partial charge in [-0.05, 0) is 97.2 Å². The Morgan fingerprint density at radius 3 is 2.41 bits per heavy atom. The second-order valence-corrected chi connectivity index (χ2v) is 14.7. The van der Waals surface area contributed by atoms with Crippen LogP contribution in [-0.2, 0) is 14.8 Å². The quantitative estimate of drug-likeness (QED) is 0.388. The van der Waals surface area contributed by atoms with Crippen molar-refractivity contribution in [1.82, 2.24) is 14.7 Å². The molecule has 218 valence electrons. The Kier molecular flexibility index (Phi) is 8.70. The number of aromatic nitrogens is 2. The number of hydrogen-bond donors (Lipinski definition) is 2. The van der Waals surface area contributed by atoms with Gasteiger partial charge in [0.15, 0.2) is 5.03 Å². The van der Waals surface area contributed by atoms with Gasteiger partial charge in [0, 0.05) is 24.0 Å². The van der Waals surface area contributed by atoms with E-state index < -0.39 is 27.6 Å². The van der Waals surface area contributed by atoms with E-state index in [1.165, 1.54) is 6.07 Å². The molecule has 2 aromatic heterocycles. The van der Waals surface area contributed by atoms with Gasteiger partial charge in [-0.3, -0.25) is 10.1 Å². The van der Waals surface area contributed by atoms with Crippen molar-refractivity contribution in [3.63, 3.8) is 0 Å². The van der Waals surface area contributed by atoms with Crippen LogP contribution >= 0.6 is 8.58 Å². The maximum atomic E-state index is 13.2. The molecule has 1 aliphatic heterocycles. The van der Waals surface area contributed by atoms with Crippen LogP contribution in [0.5, 0.6) is 0 Å². The zero-order valence-corrected chi connectivity index (χ0v) is 25.9. The second-order valence-electron chi connectivity index (χ2n) is 11.7. The molecule has 2 unspecified atom stereocenters. The van der Waals surface area contributed by atoms with E-state index in [4.69, 9.17) is 4.74 Å². The van der Waals surface area contributed by atoms with Crippen molar-refractivity contribution in [2.24, 2.45) is 5.92 Å². The summed E-state index contributed by atoms with van der Waals surface area (Å²) in [6, 6.07) is 15.0. The molecule has 3 aromatic rings. The van der Waals surface area contributed by atoms with Crippen molar-refractivity contribution in [2.75, 3.05) is 16.8 Å². The van der Waals surface area contributed by atoms with Gasteiger partial charge >= 0.3 is 6.09 Å². The summed E-state index contributed by atoms with van der Waals surface area (Å²) in [7, 11) is -4.20. The standard InChI is InChI=1S/C29H36N5O5PS/c1-19-17-29(5,6)34(18-19)25-22(9-8-16-30-25)26(35)33-41(37,38)24-11-7-10-23(32-24)40-21-14-12-20(13-15-21)31-27(36)39-28(2,3)4/h7-16,19,40H,17-18H2,1-6H3,(H,31,36)(H,33,35). The van der Waals surface area contributed by atoms with E-state index in [1.54, 1.807) is 63.4 Å². The van der Waals surface area contributed by atoms with Crippen LogP contribution in [0.25, 0.3) is 0 Å². The van der Waals surface area contributed by atoms with Crippen molar-refractivity contribution in [2.45, 2.75) is 64.1 Å². The smallest absolute Gasteiger partial charge is 0.412 e. The number of rotatable bonds is 7. The lowest BCUT2D eigenvalue weighted by molar-refractivity contribution is 0.0635. The van der Waals surface area contributed by atoms with E-state index in [0.717, 1.165) is 18.3 Å². The maximum absolute atomic E-state index is 13.2. The summed E-state index contributed by atoms with van der Waals surface area (Å²) in [6.07, 6.45) is 1.99. The fourth-order valence-electron chi connectivity index (χ4n) is 4.82. The highest BCUT2D eigenvalue weighted by Gasteiger charge is 2.39. The zero-order chi connectivity index (χ0) is 30.0. The molecular weight excluding hydrogens is 561 g/mol. The average molecular weight is 598 g/mol. The topological polar surface area (TPSA) is 131 Å². The first-order valence-electron chi connectivity index (χ1n) is 13.3. The summed E-state index contributed by atoms with van der Waals surface area (Å²) in [4.78, 5) is 36.1. The number of pyridine rings is 2. The SMILES string of the molecule is CC1CN(c2ncccc2C(=O)NS(=O)(=O)c2cccc(Pc3ccc(NC(=O)OC(C)(C)C)cc3)n2)C(C)(C)C1. The van der Waals surface area contributed by atoms with Crippen LogP contribution in [0.2, 0.25) is 0 Å². The lowest BCUT2D eigenvalue weighted by atomic mass is 9.97. The molecule has 2 atom stereocenters. The third kappa shape index (κ3) is 7.80. The molecule has 1 saturated heterocycles. The van der Waals surface area contributed by atoms with Crippen LogP contribution in [-0.4, -0.2) is 48.1 Å². The highest BCUT2D eigenvalue weighted by atomic mass is 32.2. The molecule has 0 bridgehead atoms. The highest BCUT2D eigenvalue weighted by Crippen LogP contribution is 2.37. The fourth-order valence-corrected chi connectivity index (χ4v) is 6.82. The van der Waals surface area contributed by atoms with E-state index in [2.05, 4.69) is 45.7 Å². The molecule has 2 amide bonds. The van der Waals surface area contributed by atoms with Crippen molar-refractivity contribution in [3.8, 4) is 0 Å². The Morgan fingerprint density at radius 2 is 1.78 bits per heavy atom. The van der Waals surface area contributed by atoms with Gasteiger partial charge in [0.2, 0.25) is 0 Å². The van der Waals surface area contributed by atoms with Crippen LogP contribution in [0.4, 0.5) is 16.3 Å². The number of anilines is 2. The van der Waals surface area contributed by atoms with Gasteiger partial charge in [0.25, 0.3) is 15.9 Å². The third-order valence-electron chi connectivity index (χ3n) is 6.39. The molecule has 0 radical (unpaired) electrons. The van der Waals surface area contributed by atoms with Crippen molar-refractivity contribution in [1.29, 1.82) is 0 Å². The second kappa shape index (κ2) is 11.7. The molecule has 10 nitrogen and oxygen atoms in total. The minimum atomic E-state index is -4.25. The predicted octanol–water partition coefficient (Wildman–Crippen LogP) is 4.20.